The Hall–Kier alpha value is -2.86. The molecule has 6 rings (SSSR count). The van der Waals surface area contributed by atoms with Crippen LogP contribution < -0.4 is 9.47 Å². The number of hydrogen-bond acceptors (Lipinski definition) is 5. The first kappa shape index (κ1) is 31.1. The van der Waals surface area contributed by atoms with Crippen LogP contribution in [0.2, 0.25) is 0 Å². The fourth-order valence-electron chi connectivity index (χ4n) is 9.28. The zero-order chi connectivity index (χ0) is 30.7. The van der Waals surface area contributed by atoms with E-state index in [4.69, 9.17) is 9.47 Å². The number of benzene rings is 2. The number of unbranched alkanes of at least 4 members (excludes halogenated alkanes) is 5. The predicted octanol–water partition coefficient (Wildman–Crippen LogP) is 6.90. The molecule has 0 aromatic heterocycles. The summed E-state index contributed by atoms with van der Waals surface area (Å²) in [6.45, 7) is 6.15. The molecule has 6 nitrogen and oxygen atoms in total. The van der Waals surface area contributed by atoms with Gasteiger partial charge in [-0.15, -0.1) is 0 Å². The van der Waals surface area contributed by atoms with E-state index in [0.29, 0.717) is 30.8 Å². The third-order valence-electron chi connectivity index (χ3n) is 11.2. The van der Waals surface area contributed by atoms with Crippen LogP contribution in [0.1, 0.15) is 101 Å². The van der Waals surface area contributed by atoms with Crippen LogP contribution in [0, 0.1) is 5.92 Å². The number of likely N-dealkylation sites (tertiary alicyclic amines) is 1. The molecule has 0 unspecified atom stereocenters. The minimum atomic E-state index is -0.123. The lowest BCUT2D eigenvalue weighted by Crippen LogP contribution is -2.69. The van der Waals surface area contributed by atoms with Gasteiger partial charge in [-0.1, -0.05) is 69.0 Å². The summed E-state index contributed by atoms with van der Waals surface area (Å²) >= 11 is 0. The Kier molecular flexibility index (Phi) is 9.65. The van der Waals surface area contributed by atoms with Crippen molar-refractivity contribution in [1.82, 2.24) is 9.80 Å². The van der Waals surface area contributed by atoms with Crippen molar-refractivity contribution in [3.8, 4) is 11.5 Å². The van der Waals surface area contributed by atoms with Crippen LogP contribution in [-0.4, -0.2) is 66.4 Å². The quantitative estimate of drug-likeness (QED) is 0.208. The molecule has 2 aromatic carbocycles. The maximum absolute atomic E-state index is 14.0. The lowest BCUT2D eigenvalue weighted by Gasteiger charge is -2.60. The molecule has 5 atom stereocenters. The molecule has 2 aromatic rings. The van der Waals surface area contributed by atoms with E-state index in [2.05, 4.69) is 59.2 Å². The van der Waals surface area contributed by atoms with Gasteiger partial charge in [-0.3, -0.25) is 14.5 Å². The van der Waals surface area contributed by atoms with Crippen LogP contribution in [0.3, 0.4) is 0 Å². The summed E-state index contributed by atoms with van der Waals surface area (Å²) in [5.74, 6) is 2.70. The third kappa shape index (κ3) is 5.79. The van der Waals surface area contributed by atoms with Crippen LogP contribution in [0.15, 0.2) is 42.5 Å². The number of carbonyl (C=O) groups is 2. The Bertz CT molecular complexity index is 1310. The molecule has 0 radical (unpaired) electrons. The number of rotatable bonds is 15. The van der Waals surface area contributed by atoms with Gasteiger partial charge in [0.2, 0.25) is 5.91 Å². The van der Waals surface area contributed by atoms with Gasteiger partial charge in [-0.05, 0) is 87.9 Å². The van der Waals surface area contributed by atoms with Gasteiger partial charge in [-0.2, -0.15) is 0 Å². The van der Waals surface area contributed by atoms with Gasteiger partial charge in [0.1, 0.15) is 11.9 Å². The van der Waals surface area contributed by atoms with Crippen molar-refractivity contribution < 1.29 is 19.1 Å². The van der Waals surface area contributed by atoms with Crippen molar-refractivity contribution in [2.24, 2.45) is 5.92 Å². The third-order valence-corrected chi connectivity index (χ3v) is 11.2. The second-order valence-corrected chi connectivity index (χ2v) is 13.8. The number of hydrogen-bond donors (Lipinski definition) is 0. The maximum Gasteiger partial charge on any atom is 0.222 e. The van der Waals surface area contributed by atoms with Gasteiger partial charge >= 0.3 is 0 Å². The smallest absolute Gasteiger partial charge is 0.222 e. The van der Waals surface area contributed by atoms with Crippen molar-refractivity contribution in [2.45, 2.75) is 121 Å². The van der Waals surface area contributed by atoms with E-state index in [-0.39, 0.29) is 23.3 Å². The number of aryl methyl sites for hydroxylation is 1. The molecule has 44 heavy (non-hydrogen) atoms. The fourth-order valence-corrected chi connectivity index (χ4v) is 9.28. The average molecular weight is 601 g/mol. The Morgan fingerprint density at radius 3 is 2.59 bits per heavy atom. The Labute approximate surface area is 264 Å². The van der Waals surface area contributed by atoms with E-state index in [9.17, 15) is 9.59 Å². The number of amides is 1. The lowest BCUT2D eigenvalue weighted by molar-refractivity contribution is -0.143. The summed E-state index contributed by atoms with van der Waals surface area (Å²) < 4.78 is 12.9. The van der Waals surface area contributed by atoms with Gasteiger partial charge < -0.3 is 14.4 Å². The van der Waals surface area contributed by atoms with Gasteiger partial charge in [0.15, 0.2) is 11.5 Å². The Balaban J connectivity index is 1.17. The van der Waals surface area contributed by atoms with Crippen LogP contribution >= 0.6 is 0 Å². The van der Waals surface area contributed by atoms with Crippen LogP contribution in [0.5, 0.6) is 11.5 Å². The van der Waals surface area contributed by atoms with E-state index in [1.165, 1.54) is 36.0 Å². The van der Waals surface area contributed by atoms with E-state index in [1.807, 2.05) is 0 Å². The summed E-state index contributed by atoms with van der Waals surface area (Å²) in [5, 5.41) is 0. The lowest BCUT2D eigenvalue weighted by atomic mass is 9.51. The summed E-state index contributed by atoms with van der Waals surface area (Å²) in [6, 6.07) is 15.4. The summed E-state index contributed by atoms with van der Waals surface area (Å²) in [7, 11) is 1.73. The second-order valence-electron chi connectivity index (χ2n) is 13.8. The number of ketones is 1. The normalized spacial score (nSPS) is 26.5. The van der Waals surface area contributed by atoms with E-state index < -0.39 is 0 Å². The van der Waals surface area contributed by atoms with Gasteiger partial charge in [0.05, 0.1) is 19.7 Å². The van der Waals surface area contributed by atoms with Gasteiger partial charge in [0.25, 0.3) is 0 Å². The molecule has 2 aliphatic heterocycles. The molecule has 6 heteroatoms. The van der Waals surface area contributed by atoms with Crippen LogP contribution in [0.4, 0.5) is 0 Å². The molecule has 1 spiro atoms. The van der Waals surface area contributed by atoms with Crippen molar-refractivity contribution in [2.75, 3.05) is 26.7 Å². The molecule has 238 valence electrons. The van der Waals surface area contributed by atoms with Crippen molar-refractivity contribution in [1.29, 1.82) is 0 Å². The van der Waals surface area contributed by atoms with E-state index >= 15 is 0 Å². The second kappa shape index (κ2) is 13.6. The molecule has 2 heterocycles. The van der Waals surface area contributed by atoms with E-state index in [0.717, 1.165) is 82.4 Å². The topological polar surface area (TPSA) is 59.1 Å². The first-order valence-corrected chi connectivity index (χ1v) is 17.4. The van der Waals surface area contributed by atoms with Crippen molar-refractivity contribution in [3.05, 3.63) is 59.2 Å². The Morgan fingerprint density at radius 2 is 1.82 bits per heavy atom. The molecule has 2 fully saturated rings. The standard InChI is InChI=1S/C38H52N2O4/c1-4-5-23-40(34(42)17-13-8-6-7-10-14-28-15-11-9-12-16-28)31-20-19-30-32-25-29-18-21-33(43-3)36-35(29)38(30,37(31)44-36)22-24-39(32)26-27(2)41/h9,11-12,15-16,18,21,30-32,37H,4-8,10,13-14,17,19-20,22-26H2,1-3H3/t30-,31+,32+,37-,38-/m0/s1. The van der Waals surface area contributed by atoms with Crippen molar-refractivity contribution >= 4 is 11.7 Å². The van der Waals surface area contributed by atoms with E-state index in [1.54, 1.807) is 14.0 Å². The zero-order valence-corrected chi connectivity index (χ0v) is 27.2. The predicted molar refractivity (Wildman–Crippen MR) is 174 cm³/mol. The fraction of sp³-hybridized carbons (Fsp3) is 0.632. The minimum Gasteiger partial charge on any atom is -0.493 e. The molecule has 1 amide bonds. The first-order valence-electron chi connectivity index (χ1n) is 17.4. The number of methoxy groups -OCH3 is 1. The average Bonchev–Trinajstić information content (AvgIpc) is 3.38. The van der Waals surface area contributed by atoms with Gasteiger partial charge in [0, 0.05) is 30.0 Å². The number of carbonyl (C=O) groups excluding carboxylic acids is 2. The zero-order valence-electron chi connectivity index (χ0n) is 27.2. The molecular formula is C38H52N2O4. The number of ether oxygens (including phenoxy) is 2. The molecular weight excluding hydrogens is 548 g/mol. The highest BCUT2D eigenvalue weighted by Gasteiger charge is 2.66. The summed E-state index contributed by atoms with van der Waals surface area (Å²) in [6.07, 6.45) is 13.4. The number of piperidine rings is 1. The maximum atomic E-state index is 14.0. The molecule has 4 aliphatic rings. The van der Waals surface area contributed by atoms with Crippen LogP contribution in [0.25, 0.3) is 0 Å². The molecule has 1 saturated heterocycles. The molecule has 1 saturated carbocycles. The number of nitrogens with zero attached hydrogens (tertiary/aromatic N) is 2. The van der Waals surface area contributed by atoms with Gasteiger partial charge in [-0.25, -0.2) is 0 Å². The Morgan fingerprint density at radius 1 is 1.02 bits per heavy atom. The monoisotopic (exact) mass is 600 g/mol. The minimum absolute atomic E-state index is 0.0626. The SMILES string of the molecule is CCCCN(C(=O)CCCCCCCc1ccccc1)[C@@H]1CC[C@H]2[C@H]3Cc4ccc(OC)c5c4[C@@]2(CCN3CC(C)=O)[C@H]1O5. The highest BCUT2D eigenvalue weighted by atomic mass is 16.5. The molecule has 2 aliphatic carbocycles. The highest BCUT2D eigenvalue weighted by molar-refractivity contribution is 5.78. The van der Waals surface area contributed by atoms with Crippen LogP contribution in [-0.2, 0) is 27.8 Å². The summed E-state index contributed by atoms with van der Waals surface area (Å²) in [5.41, 5.74) is 3.99. The highest BCUT2D eigenvalue weighted by Crippen LogP contribution is 2.64. The largest absolute Gasteiger partial charge is 0.493 e. The van der Waals surface area contributed by atoms with Crippen molar-refractivity contribution in [3.63, 3.8) is 0 Å². The number of Topliss-reactive ketones (excluding diaryl/α,β-unsaturated/α-hetero) is 1. The first-order chi connectivity index (χ1) is 21.5. The molecule has 0 N–H and O–H groups in total. The summed E-state index contributed by atoms with van der Waals surface area (Å²) in [4.78, 5) is 30.9. The molecule has 2 bridgehead atoms.